The number of esters is 3. The van der Waals surface area contributed by atoms with Crippen LogP contribution in [-0.4, -0.2) is 37.2 Å². The van der Waals surface area contributed by atoms with Gasteiger partial charge in [0, 0.05) is 19.3 Å². The molecule has 0 heterocycles. The van der Waals surface area contributed by atoms with E-state index in [0.717, 1.165) is 109 Å². The molecular formula is C59H92O6. The van der Waals surface area contributed by atoms with Crippen molar-refractivity contribution in [1.29, 1.82) is 0 Å². The Hall–Kier alpha value is -4.45. The molecule has 0 aromatic carbocycles. The normalized spacial score (nSPS) is 13.2. The maximum absolute atomic E-state index is 12.8. The third kappa shape index (κ3) is 50.4. The topological polar surface area (TPSA) is 78.9 Å². The fourth-order valence-electron chi connectivity index (χ4n) is 6.33. The summed E-state index contributed by atoms with van der Waals surface area (Å²) in [6.45, 7) is 6.26. The van der Waals surface area contributed by atoms with Crippen molar-refractivity contribution in [1.82, 2.24) is 0 Å². The van der Waals surface area contributed by atoms with E-state index >= 15 is 0 Å². The van der Waals surface area contributed by atoms with Crippen LogP contribution >= 0.6 is 0 Å². The predicted molar refractivity (Wildman–Crippen MR) is 279 cm³/mol. The molecule has 1 atom stereocenters. The third-order valence-corrected chi connectivity index (χ3v) is 10.1. The molecule has 0 aliphatic rings. The van der Waals surface area contributed by atoms with Crippen LogP contribution in [0.1, 0.15) is 201 Å². The van der Waals surface area contributed by atoms with Crippen molar-refractivity contribution in [2.75, 3.05) is 13.2 Å². The zero-order valence-electron chi connectivity index (χ0n) is 41.4. The van der Waals surface area contributed by atoms with Crippen molar-refractivity contribution in [3.63, 3.8) is 0 Å². The second kappa shape index (κ2) is 52.2. The minimum absolute atomic E-state index is 0.127. The number of rotatable bonds is 44. The summed E-state index contributed by atoms with van der Waals surface area (Å²) in [6.07, 6.45) is 73.0. The Morgan fingerprint density at radius 3 is 1.08 bits per heavy atom. The van der Waals surface area contributed by atoms with Gasteiger partial charge in [-0.3, -0.25) is 14.4 Å². The molecule has 0 spiro atoms. The van der Waals surface area contributed by atoms with E-state index in [0.29, 0.717) is 19.3 Å². The highest BCUT2D eigenvalue weighted by atomic mass is 16.6. The molecule has 0 bridgehead atoms. The molecule has 364 valence electrons. The molecule has 0 amide bonds. The van der Waals surface area contributed by atoms with Gasteiger partial charge in [-0.2, -0.15) is 0 Å². The van der Waals surface area contributed by atoms with E-state index < -0.39 is 6.10 Å². The highest BCUT2D eigenvalue weighted by molar-refractivity contribution is 5.71. The fourth-order valence-corrected chi connectivity index (χ4v) is 6.33. The Bertz CT molecular complexity index is 1450. The molecule has 0 saturated heterocycles. The molecule has 0 aliphatic carbocycles. The molecule has 0 unspecified atom stereocenters. The van der Waals surface area contributed by atoms with Crippen molar-refractivity contribution in [3.05, 3.63) is 134 Å². The van der Waals surface area contributed by atoms with Crippen LogP contribution in [-0.2, 0) is 28.6 Å². The Kier molecular flexibility index (Phi) is 48.6. The Morgan fingerprint density at radius 1 is 0.323 bits per heavy atom. The van der Waals surface area contributed by atoms with Gasteiger partial charge in [-0.25, -0.2) is 0 Å². The van der Waals surface area contributed by atoms with Crippen molar-refractivity contribution >= 4 is 17.9 Å². The first-order valence-corrected chi connectivity index (χ1v) is 25.7. The van der Waals surface area contributed by atoms with E-state index in [1.54, 1.807) is 0 Å². The summed E-state index contributed by atoms with van der Waals surface area (Å²) < 4.78 is 16.7. The average Bonchev–Trinajstić information content (AvgIpc) is 3.30. The van der Waals surface area contributed by atoms with Crippen LogP contribution in [0.15, 0.2) is 134 Å². The number of hydrogen-bond donors (Lipinski definition) is 0. The number of hydrogen-bond acceptors (Lipinski definition) is 6. The van der Waals surface area contributed by atoms with E-state index in [-0.39, 0.29) is 44.0 Å². The summed E-state index contributed by atoms with van der Waals surface area (Å²) in [7, 11) is 0. The standard InChI is InChI=1S/C59H92O6/c1-4-7-10-13-16-19-22-25-27-28-29-30-32-34-37-40-43-46-49-52-58(61)64-55-56(54-63-57(60)51-48-45-42-39-36-33-24-21-18-15-12-9-6-3)65-59(62)53-50-47-44-41-38-35-31-26-23-20-17-14-11-8-5-2/h7-8,10-11,16-17,19-21,24-27,29-31,34,37-38,41,43,46,56H,4-6,9,12-15,18,22-23,28,32-33,35-36,39-40,42,44-45,47-55H2,1-3H3/b10-7-,11-8-,19-16-,20-17-,24-21-,27-25-,30-29-,31-26-,37-34-,41-38-,46-43-/t56-/m0/s1. The molecule has 0 saturated carbocycles. The quantitative estimate of drug-likeness (QED) is 0.0262. The molecule has 0 aromatic heterocycles. The van der Waals surface area contributed by atoms with E-state index in [1.807, 2.05) is 12.2 Å². The minimum atomic E-state index is -0.838. The van der Waals surface area contributed by atoms with Crippen molar-refractivity contribution in [2.24, 2.45) is 0 Å². The van der Waals surface area contributed by atoms with Gasteiger partial charge in [0.1, 0.15) is 13.2 Å². The zero-order valence-corrected chi connectivity index (χ0v) is 41.4. The fraction of sp³-hybridized carbons (Fsp3) is 0.576. The number of ether oxygens (including phenoxy) is 3. The lowest BCUT2D eigenvalue weighted by molar-refractivity contribution is -0.166. The second-order valence-corrected chi connectivity index (χ2v) is 16.3. The van der Waals surface area contributed by atoms with Gasteiger partial charge in [-0.15, -0.1) is 0 Å². The van der Waals surface area contributed by atoms with Gasteiger partial charge in [0.15, 0.2) is 6.10 Å². The van der Waals surface area contributed by atoms with Crippen LogP contribution in [0.5, 0.6) is 0 Å². The SMILES string of the molecule is CC/C=C\C/C=C\C/C=C\C/C=C\C/C=C\C/C=C\CCC(=O)OC[C@H](COC(=O)CCCCCCC/C=C\CCCCCC)OC(=O)CCCC/C=C\C/C=C\C/C=C\C/C=C\CC. The maximum atomic E-state index is 12.8. The van der Waals surface area contributed by atoms with Gasteiger partial charge in [0.2, 0.25) is 0 Å². The smallest absolute Gasteiger partial charge is 0.306 e. The van der Waals surface area contributed by atoms with Crippen molar-refractivity contribution in [3.8, 4) is 0 Å². The molecule has 0 aliphatic heterocycles. The lowest BCUT2D eigenvalue weighted by atomic mass is 10.1. The van der Waals surface area contributed by atoms with Crippen LogP contribution in [0, 0.1) is 0 Å². The zero-order chi connectivity index (χ0) is 47.2. The monoisotopic (exact) mass is 897 g/mol. The van der Waals surface area contributed by atoms with E-state index in [9.17, 15) is 14.4 Å². The predicted octanol–water partition coefficient (Wildman–Crippen LogP) is 17.1. The average molecular weight is 897 g/mol. The van der Waals surface area contributed by atoms with Gasteiger partial charge in [-0.1, -0.05) is 193 Å². The highest BCUT2D eigenvalue weighted by Crippen LogP contribution is 2.11. The summed E-state index contributed by atoms with van der Waals surface area (Å²) in [5.41, 5.74) is 0. The summed E-state index contributed by atoms with van der Waals surface area (Å²) >= 11 is 0. The molecular weight excluding hydrogens is 805 g/mol. The number of carbonyl (C=O) groups is 3. The Labute approximate surface area is 398 Å². The third-order valence-electron chi connectivity index (χ3n) is 10.1. The molecule has 0 radical (unpaired) electrons. The minimum Gasteiger partial charge on any atom is -0.462 e. The summed E-state index contributed by atoms with van der Waals surface area (Å²) in [5, 5.41) is 0. The van der Waals surface area contributed by atoms with Crippen LogP contribution in [0.25, 0.3) is 0 Å². The van der Waals surface area contributed by atoms with Gasteiger partial charge in [0.25, 0.3) is 0 Å². The molecule has 65 heavy (non-hydrogen) atoms. The van der Waals surface area contributed by atoms with Crippen LogP contribution in [0.4, 0.5) is 0 Å². The lowest BCUT2D eigenvalue weighted by Crippen LogP contribution is -2.30. The first-order chi connectivity index (χ1) is 32.0. The number of unbranched alkanes of at least 4 members (excludes halogenated alkanes) is 11. The first-order valence-electron chi connectivity index (χ1n) is 25.7. The van der Waals surface area contributed by atoms with Gasteiger partial charge < -0.3 is 14.2 Å². The van der Waals surface area contributed by atoms with Crippen LogP contribution in [0.3, 0.4) is 0 Å². The number of allylic oxidation sites excluding steroid dienone is 22. The van der Waals surface area contributed by atoms with Gasteiger partial charge in [-0.05, 0) is 122 Å². The van der Waals surface area contributed by atoms with Gasteiger partial charge >= 0.3 is 17.9 Å². The second-order valence-electron chi connectivity index (χ2n) is 16.3. The molecule has 0 aromatic rings. The Morgan fingerprint density at radius 2 is 0.631 bits per heavy atom. The van der Waals surface area contributed by atoms with Gasteiger partial charge in [0.05, 0.1) is 0 Å². The highest BCUT2D eigenvalue weighted by Gasteiger charge is 2.19. The van der Waals surface area contributed by atoms with E-state index in [1.165, 1.54) is 38.5 Å². The largest absolute Gasteiger partial charge is 0.462 e. The molecule has 6 nitrogen and oxygen atoms in total. The molecule has 0 N–H and O–H groups in total. The van der Waals surface area contributed by atoms with Crippen molar-refractivity contribution < 1.29 is 28.6 Å². The summed E-state index contributed by atoms with van der Waals surface area (Å²) in [6, 6.07) is 0. The van der Waals surface area contributed by atoms with E-state index in [4.69, 9.17) is 14.2 Å². The summed E-state index contributed by atoms with van der Waals surface area (Å²) in [5.74, 6) is -1.08. The summed E-state index contributed by atoms with van der Waals surface area (Å²) in [4.78, 5) is 37.9. The molecule has 0 rings (SSSR count). The van der Waals surface area contributed by atoms with Crippen LogP contribution < -0.4 is 0 Å². The maximum Gasteiger partial charge on any atom is 0.306 e. The molecule has 0 fully saturated rings. The Balaban J connectivity index is 4.60. The number of carbonyl (C=O) groups excluding carboxylic acids is 3. The van der Waals surface area contributed by atoms with Crippen molar-refractivity contribution in [2.45, 2.75) is 207 Å². The van der Waals surface area contributed by atoms with E-state index in [2.05, 4.69) is 142 Å². The van der Waals surface area contributed by atoms with Crippen LogP contribution in [0.2, 0.25) is 0 Å². The first kappa shape index (κ1) is 60.5. The molecule has 6 heteroatoms. The lowest BCUT2D eigenvalue weighted by Gasteiger charge is -2.18.